The van der Waals surface area contributed by atoms with Crippen LogP contribution in [0, 0.1) is 5.92 Å². The van der Waals surface area contributed by atoms with Crippen LogP contribution in [0.2, 0.25) is 0 Å². The Morgan fingerprint density at radius 1 is 1.52 bits per heavy atom. The summed E-state index contributed by atoms with van der Waals surface area (Å²) < 4.78 is 0. The molecule has 0 spiro atoms. The van der Waals surface area contributed by atoms with Gasteiger partial charge in [-0.1, -0.05) is 25.6 Å². The normalized spacial score (nSPS) is 17.8. The quantitative estimate of drug-likeness (QED) is 0.904. The van der Waals surface area contributed by atoms with E-state index in [0.717, 1.165) is 10.7 Å². The molecule has 1 aromatic heterocycles. The predicted octanol–water partition coefficient (Wildman–Crippen LogP) is 2.07. The Balaban J connectivity index is 2.09. The molecule has 6 heteroatoms. The van der Waals surface area contributed by atoms with Crippen molar-refractivity contribution in [3.8, 4) is 0 Å². The second-order valence-electron chi connectivity index (χ2n) is 5.42. The van der Waals surface area contributed by atoms with Crippen LogP contribution in [-0.2, 0) is 9.59 Å². The summed E-state index contributed by atoms with van der Waals surface area (Å²) in [4.78, 5) is 30.5. The summed E-state index contributed by atoms with van der Waals surface area (Å²) in [5.74, 6) is 0.311. The van der Waals surface area contributed by atoms with Crippen molar-refractivity contribution in [2.75, 3.05) is 18.0 Å². The molecule has 0 radical (unpaired) electrons. The first-order chi connectivity index (χ1) is 10.0. The lowest BCUT2D eigenvalue weighted by molar-refractivity contribution is -0.125. The Morgan fingerprint density at radius 3 is 2.95 bits per heavy atom. The third-order valence-corrected chi connectivity index (χ3v) is 4.42. The number of carbonyl (C=O) groups excluding carboxylic acids is 2. The lowest BCUT2D eigenvalue weighted by Gasteiger charge is -2.31. The number of rotatable bonds is 5. The van der Waals surface area contributed by atoms with E-state index in [1.807, 2.05) is 32.9 Å². The van der Waals surface area contributed by atoms with Crippen molar-refractivity contribution in [2.24, 2.45) is 5.92 Å². The summed E-state index contributed by atoms with van der Waals surface area (Å²) in [6.07, 6.45) is 1.91. The second kappa shape index (κ2) is 6.93. The zero-order valence-electron chi connectivity index (χ0n) is 12.6. The van der Waals surface area contributed by atoms with Crippen molar-refractivity contribution in [1.82, 2.24) is 10.3 Å². The summed E-state index contributed by atoms with van der Waals surface area (Å²) >= 11 is 1.38. The maximum absolute atomic E-state index is 12.5. The van der Waals surface area contributed by atoms with Gasteiger partial charge in [-0.3, -0.25) is 9.59 Å². The SMILES string of the molecule is CCN1C(=O)[C@@H](CC(=O)NCC(C)C)Sc2ncccc21. The molecule has 2 heterocycles. The highest BCUT2D eigenvalue weighted by Crippen LogP contribution is 2.38. The van der Waals surface area contributed by atoms with Crippen LogP contribution >= 0.6 is 11.8 Å². The van der Waals surface area contributed by atoms with Crippen molar-refractivity contribution < 1.29 is 9.59 Å². The fourth-order valence-electron chi connectivity index (χ4n) is 2.17. The van der Waals surface area contributed by atoms with Crippen molar-refractivity contribution in [2.45, 2.75) is 37.5 Å². The summed E-state index contributed by atoms with van der Waals surface area (Å²) in [6, 6.07) is 3.72. The molecule has 2 rings (SSSR count). The minimum atomic E-state index is -0.389. The summed E-state index contributed by atoms with van der Waals surface area (Å²) in [6.45, 7) is 7.24. The number of nitrogens with zero attached hydrogens (tertiary/aromatic N) is 2. The van der Waals surface area contributed by atoms with Gasteiger partial charge in [0.1, 0.15) is 5.03 Å². The highest BCUT2D eigenvalue weighted by molar-refractivity contribution is 8.00. The second-order valence-corrected chi connectivity index (χ2v) is 6.61. The van der Waals surface area contributed by atoms with Gasteiger partial charge in [-0.15, -0.1) is 0 Å². The lowest BCUT2D eigenvalue weighted by atomic mass is 10.2. The van der Waals surface area contributed by atoms with E-state index in [2.05, 4.69) is 10.3 Å². The standard InChI is InChI=1S/C15H21N3O2S/c1-4-18-11-6-5-7-16-14(11)21-12(15(18)20)8-13(19)17-9-10(2)3/h5-7,10,12H,4,8-9H2,1-3H3,(H,17,19)/t12-/m1/s1. The number of anilines is 1. The van der Waals surface area contributed by atoms with E-state index in [0.29, 0.717) is 19.0 Å². The largest absolute Gasteiger partial charge is 0.356 e. The maximum Gasteiger partial charge on any atom is 0.241 e. The third kappa shape index (κ3) is 3.75. The molecule has 0 saturated heterocycles. The molecule has 5 nitrogen and oxygen atoms in total. The van der Waals surface area contributed by atoms with Gasteiger partial charge in [-0.25, -0.2) is 4.98 Å². The highest BCUT2D eigenvalue weighted by Gasteiger charge is 2.34. The Hall–Kier alpha value is -1.56. The summed E-state index contributed by atoms with van der Waals surface area (Å²) in [5, 5.41) is 3.29. The zero-order valence-corrected chi connectivity index (χ0v) is 13.4. The topological polar surface area (TPSA) is 62.3 Å². The Bertz CT molecular complexity index is 533. The molecular weight excluding hydrogens is 286 g/mol. The van der Waals surface area contributed by atoms with Crippen LogP contribution in [0.15, 0.2) is 23.4 Å². The van der Waals surface area contributed by atoms with Gasteiger partial charge in [0.05, 0.1) is 10.9 Å². The number of pyridine rings is 1. The van der Waals surface area contributed by atoms with Crippen LogP contribution in [-0.4, -0.2) is 35.1 Å². The van der Waals surface area contributed by atoms with Gasteiger partial charge in [-0.05, 0) is 25.0 Å². The van der Waals surface area contributed by atoms with Crippen LogP contribution in [0.3, 0.4) is 0 Å². The van der Waals surface area contributed by atoms with Crippen molar-refractivity contribution >= 4 is 29.3 Å². The molecule has 1 atom stereocenters. The fraction of sp³-hybridized carbons (Fsp3) is 0.533. The zero-order chi connectivity index (χ0) is 15.4. The molecular formula is C15H21N3O2S. The van der Waals surface area contributed by atoms with Gasteiger partial charge in [0.25, 0.3) is 0 Å². The molecule has 0 unspecified atom stereocenters. The first kappa shape index (κ1) is 15.8. The van der Waals surface area contributed by atoms with Crippen LogP contribution in [0.4, 0.5) is 5.69 Å². The molecule has 1 aromatic rings. The number of hydrogen-bond donors (Lipinski definition) is 1. The first-order valence-electron chi connectivity index (χ1n) is 7.22. The number of nitrogens with one attached hydrogen (secondary N) is 1. The van der Waals surface area contributed by atoms with Gasteiger partial charge < -0.3 is 10.2 Å². The summed E-state index contributed by atoms with van der Waals surface area (Å²) in [7, 11) is 0. The van der Waals surface area contributed by atoms with E-state index in [1.165, 1.54) is 11.8 Å². The van der Waals surface area contributed by atoms with Gasteiger partial charge in [0, 0.05) is 25.7 Å². The van der Waals surface area contributed by atoms with Crippen LogP contribution in [0.25, 0.3) is 0 Å². The molecule has 1 N–H and O–H groups in total. The number of fused-ring (bicyclic) bond motifs is 1. The van der Waals surface area contributed by atoms with E-state index in [4.69, 9.17) is 0 Å². The van der Waals surface area contributed by atoms with Crippen molar-refractivity contribution in [3.05, 3.63) is 18.3 Å². The minimum absolute atomic E-state index is 0.0114. The van der Waals surface area contributed by atoms with Crippen LogP contribution in [0.5, 0.6) is 0 Å². The molecule has 1 aliphatic heterocycles. The van der Waals surface area contributed by atoms with Gasteiger partial charge in [0.15, 0.2) is 0 Å². The molecule has 0 saturated carbocycles. The van der Waals surface area contributed by atoms with E-state index in [1.54, 1.807) is 11.1 Å². The maximum atomic E-state index is 12.5. The van der Waals surface area contributed by atoms with Crippen molar-refractivity contribution in [1.29, 1.82) is 0 Å². The van der Waals surface area contributed by atoms with E-state index in [-0.39, 0.29) is 23.5 Å². The third-order valence-electron chi connectivity index (χ3n) is 3.23. The molecule has 0 aliphatic carbocycles. The van der Waals surface area contributed by atoms with Gasteiger partial charge in [-0.2, -0.15) is 0 Å². The Morgan fingerprint density at radius 2 is 2.29 bits per heavy atom. The number of hydrogen-bond acceptors (Lipinski definition) is 4. The minimum Gasteiger partial charge on any atom is -0.356 e. The first-order valence-corrected chi connectivity index (χ1v) is 8.10. The van der Waals surface area contributed by atoms with Crippen molar-refractivity contribution in [3.63, 3.8) is 0 Å². The average Bonchev–Trinajstić information content (AvgIpc) is 2.46. The van der Waals surface area contributed by atoms with Gasteiger partial charge >= 0.3 is 0 Å². The molecule has 0 fully saturated rings. The molecule has 2 amide bonds. The smallest absolute Gasteiger partial charge is 0.241 e. The highest BCUT2D eigenvalue weighted by atomic mass is 32.2. The Labute approximate surface area is 129 Å². The predicted molar refractivity (Wildman–Crippen MR) is 84.4 cm³/mol. The molecule has 0 bridgehead atoms. The van der Waals surface area contributed by atoms with E-state index in [9.17, 15) is 9.59 Å². The molecule has 21 heavy (non-hydrogen) atoms. The lowest BCUT2D eigenvalue weighted by Crippen LogP contribution is -2.43. The Kier molecular flexibility index (Phi) is 5.22. The average molecular weight is 307 g/mol. The monoisotopic (exact) mass is 307 g/mol. The molecule has 114 valence electrons. The van der Waals surface area contributed by atoms with Crippen LogP contribution in [0.1, 0.15) is 27.2 Å². The van der Waals surface area contributed by atoms with E-state index >= 15 is 0 Å². The number of carbonyl (C=O) groups is 2. The fourth-order valence-corrected chi connectivity index (χ4v) is 3.32. The van der Waals surface area contributed by atoms with E-state index < -0.39 is 0 Å². The van der Waals surface area contributed by atoms with Crippen LogP contribution < -0.4 is 10.2 Å². The molecule has 1 aliphatic rings. The van der Waals surface area contributed by atoms with Gasteiger partial charge in [0.2, 0.25) is 11.8 Å². The summed E-state index contributed by atoms with van der Waals surface area (Å²) in [5.41, 5.74) is 0.842. The number of thioether (sulfide) groups is 1. The molecule has 0 aromatic carbocycles. The number of amides is 2. The number of aromatic nitrogens is 1.